The molecule has 0 unspecified atom stereocenters. The van der Waals surface area contributed by atoms with E-state index in [1.54, 1.807) is 25.1 Å². The summed E-state index contributed by atoms with van der Waals surface area (Å²) >= 11 is 0. The van der Waals surface area contributed by atoms with Gasteiger partial charge in [0, 0.05) is 18.2 Å². The Morgan fingerprint density at radius 3 is 2.54 bits per heavy atom. The van der Waals surface area contributed by atoms with Gasteiger partial charge in [-0.1, -0.05) is 6.07 Å². The standard InChI is InChI=1S/C17H19N3O5S/c1-3-25-16-6-4-5-13(17(16)22)11-18-20-26(23,24)15-9-7-14(8-10-15)19-12(2)21/h4-11,20,22H,3H2,1-2H3,(H,19,21)/b18-11+. The Balaban J connectivity index is 2.11. The first-order chi connectivity index (χ1) is 12.3. The molecule has 0 aliphatic carbocycles. The van der Waals surface area contributed by atoms with E-state index in [4.69, 9.17) is 4.74 Å². The van der Waals surface area contributed by atoms with E-state index in [0.717, 1.165) is 0 Å². The highest BCUT2D eigenvalue weighted by Crippen LogP contribution is 2.28. The molecule has 0 aliphatic rings. The van der Waals surface area contributed by atoms with E-state index in [-0.39, 0.29) is 22.3 Å². The first-order valence-corrected chi connectivity index (χ1v) is 9.19. The molecule has 8 nitrogen and oxygen atoms in total. The number of phenolic OH excluding ortho intramolecular Hbond substituents is 1. The largest absolute Gasteiger partial charge is 0.504 e. The van der Waals surface area contributed by atoms with Gasteiger partial charge in [-0.25, -0.2) is 4.83 Å². The molecular formula is C17H19N3O5S. The fraction of sp³-hybridized carbons (Fsp3) is 0.176. The van der Waals surface area contributed by atoms with Crippen LogP contribution in [0.3, 0.4) is 0 Å². The highest BCUT2D eigenvalue weighted by Gasteiger charge is 2.13. The lowest BCUT2D eigenvalue weighted by molar-refractivity contribution is -0.114. The monoisotopic (exact) mass is 377 g/mol. The summed E-state index contributed by atoms with van der Waals surface area (Å²) in [7, 11) is -3.88. The molecule has 0 heterocycles. The van der Waals surface area contributed by atoms with Gasteiger partial charge in [0.1, 0.15) is 0 Å². The molecule has 9 heteroatoms. The van der Waals surface area contributed by atoms with E-state index < -0.39 is 10.0 Å². The van der Waals surface area contributed by atoms with Gasteiger partial charge in [-0.15, -0.1) is 0 Å². The summed E-state index contributed by atoms with van der Waals surface area (Å²) in [6.45, 7) is 3.53. The number of carbonyl (C=O) groups excluding carboxylic acids is 1. The number of nitrogens with one attached hydrogen (secondary N) is 2. The molecule has 2 aromatic carbocycles. The first kappa shape index (κ1) is 19.3. The van der Waals surface area contributed by atoms with Crippen LogP contribution >= 0.6 is 0 Å². The summed E-state index contributed by atoms with van der Waals surface area (Å²) in [6, 6.07) is 10.4. The van der Waals surface area contributed by atoms with Crippen molar-refractivity contribution in [2.75, 3.05) is 11.9 Å². The van der Waals surface area contributed by atoms with Crippen LogP contribution in [0.1, 0.15) is 19.4 Å². The number of ether oxygens (including phenoxy) is 1. The van der Waals surface area contributed by atoms with Gasteiger partial charge in [0.15, 0.2) is 11.5 Å². The third kappa shape index (κ3) is 4.96. The van der Waals surface area contributed by atoms with Gasteiger partial charge in [0.2, 0.25) is 5.91 Å². The van der Waals surface area contributed by atoms with Crippen molar-refractivity contribution in [3.63, 3.8) is 0 Å². The summed E-state index contributed by atoms with van der Waals surface area (Å²) < 4.78 is 29.7. The van der Waals surface area contributed by atoms with Crippen molar-refractivity contribution in [3.8, 4) is 11.5 Å². The van der Waals surface area contributed by atoms with Crippen LogP contribution < -0.4 is 14.9 Å². The van der Waals surface area contributed by atoms with E-state index in [0.29, 0.717) is 17.9 Å². The second-order valence-corrected chi connectivity index (χ2v) is 6.85. The van der Waals surface area contributed by atoms with Crippen LogP contribution in [0.5, 0.6) is 11.5 Å². The third-order valence-corrected chi connectivity index (χ3v) is 4.43. The highest BCUT2D eigenvalue weighted by atomic mass is 32.2. The number of hydrogen-bond donors (Lipinski definition) is 3. The molecule has 3 N–H and O–H groups in total. The minimum atomic E-state index is -3.88. The molecule has 0 saturated carbocycles. The minimum Gasteiger partial charge on any atom is -0.504 e. The smallest absolute Gasteiger partial charge is 0.276 e. The number of hydrazone groups is 1. The van der Waals surface area contributed by atoms with E-state index in [9.17, 15) is 18.3 Å². The normalized spacial score (nSPS) is 11.3. The number of hydrogen-bond acceptors (Lipinski definition) is 6. The third-order valence-electron chi connectivity index (χ3n) is 3.19. The van der Waals surface area contributed by atoms with Crippen molar-refractivity contribution in [2.24, 2.45) is 5.10 Å². The number of rotatable bonds is 7. The van der Waals surface area contributed by atoms with E-state index in [1.807, 2.05) is 0 Å². The maximum absolute atomic E-state index is 12.2. The molecule has 0 aliphatic heterocycles. The number of aromatic hydroxyl groups is 1. The predicted octanol–water partition coefficient (Wildman–Crippen LogP) is 2.06. The van der Waals surface area contributed by atoms with Gasteiger partial charge in [-0.05, 0) is 43.3 Å². The zero-order chi connectivity index (χ0) is 19.2. The number of anilines is 1. The minimum absolute atomic E-state index is 0.0176. The summed E-state index contributed by atoms with van der Waals surface area (Å²) in [5, 5.41) is 16.3. The fourth-order valence-corrected chi connectivity index (χ4v) is 2.85. The topological polar surface area (TPSA) is 117 Å². The van der Waals surface area contributed by atoms with E-state index >= 15 is 0 Å². The number of sulfonamides is 1. The molecule has 0 fully saturated rings. The average molecular weight is 377 g/mol. The number of benzene rings is 2. The van der Waals surface area contributed by atoms with Crippen LogP contribution in [0, 0.1) is 0 Å². The van der Waals surface area contributed by atoms with Crippen molar-refractivity contribution >= 4 is 27.8 Å². The number of carbonyl (C=O) groups is 1. The lowest BCUT2D eigenvalue weighted by Crippen LogP contribution is -2.18. The summed E-state index contributed by atoms with van der Waals surface area (Å²) in [5.74, 6) is -0.0951. The number of para-hydroxylation sites is 1. The fourth-order valence-electron chi connectivity index (χ4n) is 2.05. The van der Waals surface area contributed by atoms with Crippen LogP contribution in [0.4, 0.5) is 5.69 Å². The van der Waals surface area contributed by atoms with Crippen LogP contribution in [0.25, 0.3) is 0 Å². The van der Waals surface area contributed by atoms with Gasteiger partial charge in [-0.3, -0.25) is 4.79 Å². The summed E-state index contributed by atoms with van der Waals surface area (Å²) in [4.78, 5) is 13.0. The first-order valence-electron chi connectivity index (χ1n) is 7.71. The lowest BCUT2D eigenvalue weighted by Gasteiger charge is -2.08. The van der Waals surface area contributed by atoms with Crippen molar-refractivity contribution in [3.05, 3.63) is 48.0 Å². The van der Waals surface area contributed by atoms with Crippen molar-refractivity contribution in [1.82, 2.24) is 4.83 Å². The second-order valence-electron chi connectivity index (χ2n) is 5.19. The molecule has 2 rings (SSSR count). The summed E-state index contributed by atoms with van der Waals surface area (Å²) in [5.41, 5.74) is 0.789. The van der Waals surface area contributed by atoms with Gasteiger partial charge in [0.25, 0.3) is 10.0 Å². The van der Waals surface area contributed by atoms with Crippen molar-refractivity contribution in [2.45, 2.75) is 18.7 Å². The predicted molar refractivity (Wildman–Crippen MR) is 97.9 cm³/mol. The SMILES string of the molecule is CCOc1cccc(/C=N/NS(=O)(=O)c2ccc(NC(C)=O)cc2)c1O. The maximum Gasteiger partial charge on any atom is 0.276 e. The average Bonchev–Trinajstić information content (AvgIpc) is 2.58. The van der Waals surface area contributed by atoms with Crippen LogP contribution in [-0.4, -0.2) is 32.3 Å². The molecule has 0 atom stereocenters. The summed E-state index contributed by atoms with van der Waals surface area (Å²) in [6.07, 6.45) is 1.18. The molecule has 1 amide bonds. The number of nitrogens with zero attached hydrogens (tertiary/aromatic N) is 1. The highest BCUT2D eigenvalue weighted by molar-refractivity contribution is 7.89. The Morgan fingerprint density at radius 2 is 1.92 bits per heavy atom. The number of amides is 1. The molecule has 0 saturated heterocycles. The van der Waals surface area contributed by atoms with Gasteiger partial charge in [0.05, 0.1) is 17.7 Å². The molecule has 0 radical (unpaired) electrons. The van der Waals surface area contributed by atoms with E-state index in [1.165, 1.54) is 37.4 Å². The number of phenols is 1. The van der Waals surface area contributed by atoms with Crippen LogP contribution in [-0.2, 0) is 14.8 Å². The Morgan fingerprint density at radius 1 is 1.23 bits per heavy atom. The second kappa shape index (κ2) is 8.34. The zero-order valence-electron chi connectivity index (χ0n) is 14.3. The molecule has 138 valence electrons. The lowest BCUT2D eigenvalue weighted by atomic mass is 10.2. The molecule has 0 aromatic heterocycles. The van der Waals surface area contributed by atoms with Gasteiger partial charge < -0.3 is 15.2 Å². The van der Waals surface area contributed by atoms with Crippen molar-refractivity contribution in [1.29, 1.82) is 0 Å². The Labute approximate surface area is 151 Å². The van der Waals surface area contributed by atoms with Crippen molar-refractivity contribution < 1.29 is 23.1 Å². The molecular weight excluding hydrogens is 358 g/mol. The molecule has 0 bridgehead atoms. The molecule has 0 spiro atoms. The Hall–Kier alpha value is -3.07. The maximum atomic E-state index is 12.2. The van der Waals surface area contributed by atoms with Crippen LogP contribution in [0.2, 0.25) is 0 Å². The molecule has 26 heavy (non-hydrogen) atoms. The quantitative estimate of drug-likeness (QED) is 0.504. The van der Waals surface area contributed by atoms with Gasteiger partial charge >= 0.3 is 0 Å². The zero-order valence-corrected chi connectivity index (χ0v) is 15.1. The Kier molecular flexibility index (Phi) is 6.18. The Bertz CT molecular complexity index is 908. The van der Waals surface area contributed by atoms with E-state index in [2.05, 4.69) is 15.2 Å². The molecule has 2 aromatic rings. The van der Waals surface area contributed by atoms with Crippen LogP contribution in [0.15, 0.2) is 52.5 Å². The van der Waals surface area contributed by atoms with Gasteiger partial charge in [-0.2, -0.15) is 13.5 Å².